The molecule has 0 spiro atoms. The average Bonchev–Trinajstić information content (AvgIpc) is 2.87. The third-order valence-electron chi connectivity index (χ3n) is 3.32. The van der Waals surface area contributed by atoms with Gasteiger partial charge in [0.2, 0.25) is 16.4 Å². The molecule has 1 aliphatic rings. The van der Waals surface area contributed by atoms with E-state index in [1.165, 1.54) is 12.6 Å². The van der Waals surface area contributed by atoms with Crippen molar-refractivity contribution in [1.29, 1.82) is 0 Å². The van der Waals surface area contributed by atoms with Crippen LogP contribution in [-0.4, -0.2) is 55.3 Å². The SMILES string of the molecule is CS(=O)(=O)N1CCCC(CNCCc2ncon2)C1. The molecule has 0 bridgehead atoms. The van der Waals surface area contributed by atoms with E-state index in [4.69, 9.17) is 0 Å². The van der Waals surface area contributed by atoms with Gasteiger partial charge in [-0.05, 0) is 25.3 Å². The Morgan fingerprint density at radius 3 is 3.11 bits per heavy atom. The standard InChI is InChI=1S/C11H20N4O3S/c1-19(16,17)15-6-2-3-10(8-15)7-12-5-4-11-13-9-18-14-11/h9-10,12H,2-8H2,1H3. The summed E-state index contributed by atoms with van der Waals surface area (Å²) < 4.78 is 29.2. The Morgan fingerprint density at radius 1 is 1.58 bits per heavy atom. The molecule has 1 saturated heterocycles. The molecule has 19 heavy (non-hydrogen) atoms. The van der Waals surface area contributed by atoms with Gasteiger partial charge < -0.3 is 9.84 Å². The lowest BCUT2D eigenvalue weighted by Crippen LogP contribution is -2.42. The van der Waals surface area contributed by atoms with E-state index in [1.54, 1.807) is 4.31 Å². The highest BCUT2D eigenvalue weighted by atomic mass is 32.2. The zero-order valence-corrected chi connectivity index (χ0v) is 11.9. The lowest BCUT2D eigenvalue weighted by atomic mass is 10.00. The maximum atomic E-state index is 11.5. The van der Waals surface area contributed by atoms with Gasteiger partial charge in [-0.1, -0.05) is 5.16 Å². The van der Waals surface area contributed by atoms with Crippen LogP contribution in [0, 0.1) is 5.92 Å². The lowest BCUT2D eigenvalue weighted by Gasteiger charge is -2.31. The Bertz CT molecular complexity index is 474. The molecule has 0 radical (unpaired) electrons. The highest BCUT2D eigenvalue weighted by Gasteiger charge is 2.25. The van der Waals surface area contributed by atoms with Gasteiger partial charge in [0.05, 0.1) is 6.26 Å². The molecule has 108 valence electrons. The molecule has 0 saturated carbocycles. The summed E-state index contributed by atoms with van der Waals surface area (Å²) in [7, 11) is -3.05. The predicted octanol–water partition coefficient (Wildman–Crippen LogP) is -0.127. The Labute approximate surface area is 113 Å². The molecule has 1 unspecified atom stereocenters. The number of piperidine rings is 1. The van der Waals surface area contributed by atoms with Gasteiger partial charge in [-0.3, -0.25) is 0 Å². The minimum absolute atomic E-state index is 0.383. The summed E-state index contributed by atoms with van der Waals surface area (Å²) in [5, 5.41) is 7.05. The van der Waals surface area contributed by atoms with Gasteiger partial charge in [-0.2, -0.15) is 4.98 Å². The second-order valence-electron chi connectivity index (χ2n) is 4.93. The second kappa shape index (κ2) is 6.44. The fraction of sp³-hybridized carbons (Fsp3) is 0.818. The van der Waals surface area contributed by atoms with Crippen molar-refractivity contribution in [2.45, 2.75) is 19.3 Å². The van der Waals surface area contributed by atoms with Gasteiger partial charge in [0, 0.05) is 26.1 Å². The third kappa shape index (κ3) is 4.55. The number of aromatic nitrogens is 2. The molecular formula is C11H20N4O3S. The normalized spacial score (nSPS) is 21.6. The molecule has 0 amide bonds. The maximum Gasteiger partial charge on any atom is 0.213 e. The van der Waals surface area contributed by atoms with Gasteiger partial charge in [0.25, 0.3) is 0 Å². The highest BCUT2D eigenvalue weighted by Crippen LogP contribution is 2.17. The fourth-order valence-corrected chi connectivity index (χ4v) is 3.25. The van der Waals surface area contributed by atoms with Crippen LogP contribution in [0.4, 0.5) is 0 Å². The highest BCUT2D eigenvalue weighted by molar-refractivity contribution is 7.88. The summed E-state index contributed by atoms with van der Waals surface area (Å²) >= 11 is 0. The number of nitrogens with zero attached hydrogens (tertiary/aromatic N) is 3. The molecule has 2 heterocycles. The van der Waals surface area contributed by atoms with E-state index in [0.29, 0.717) is 24.8 Å². The zero-order chi connectivity index (χ0) is 13.7. The summed E-state index contributed by atoms with van der Waals surface area (Å²) in [5.74, 6) is 1.07. The van der Waals surface area contributed by atoms with Crippen LogP contribution in [0.25, 0.3) is 0 Å². The molecule has 1 aliphatic heterocycles. The molecular weight excluding hydrogens is 268 g/mol. The molecule has 1 aromatic rings. The Kier molecular flexibility index (Phi) is 4.89. The van der Waals surface area contributed by atoms with E-state index in [2.05, 4.69) is 20.0 Å². The summed E-state index contributed by atoms with van der Waals surface area (Å²) in [4.78, 5) is 3.94. The van der Waals surface area contributed by atoms with Crippen LogP contribution in [0.5, 0.6) is 0 Å². The molecule has 0 aliphatic carbocycles. The quantitative estimate of drug-likeness (QED) is 0.734. The lowest BCUT2D eigenvalue weighted by molar-refractivity contribution is 0.261. The van der Waals surface area contributed by atoms with Crippen LogP contribution in [0.1, 0.15) is 18.7 Å². The van der Waals surface area contributed by atoms with E-state index >= 15 is 0 Å². The van der Waals surface area contributed by atoms with E-state index < -0.39 is 10.0 Å². The van der Waals surface area contributed by atoms with Crippen molar-refractivity contribution in [1.82, 2.24) is 19.8 Å². The van der Waals surface area contributed by atoms with Crippen LogP contribution in [-0.2, 0) is 16.4 Å². The first-order valence-corrected chi connectivity index (χ1v) is 8.31. The van der Waals surface area contributed by atoms with Crippen LogP contribution in [0.2, 0.25) is 0 Å². The van der Waals surface area contributed by atoms with Crippen molar-refractivity contribution in [2.24, 2.45) is 5.92 Å². The Hall–Kier alpha value is -0.990. The van der Waals surface area contributed by atoms with Crippen molar-refractivity contribution in [2.75, 3.05) is 32.4 Å². The van der Waals surface area contributed by atoms with E-state index in [9.17, 15) is 8.42 Å². The molecule has 1 aromatic heterocycles. The Morgan fingerprint density at radius 2 is 2.42 bits per heavy atom. The van der Waals surface area contributed by atoms with Crippen LogP contribution >= 0.6 is 0 Å². The first-order valence-electron chi connectivity index (χ1n) is 6.47. The summed E-state index contributed by atoms with van der Waals surface area (Å²) in [6.45, 7) is 2.87. The first-order chi connectivity index (χ1) is 9.05. The molecule has 8 heteroatoms. The minimum atomic E-state index is -3.05. The fourth-order valence-electron chi connectivity index (χ4n) is 2.30. The van der Waals surface area contributed by atoms with Crippen molar-refractivity contribution in [3.8, 4) is 0 Å². The molecule has 1 N–H and O–H groups in total. The van der Waals surface area contributed by atoms with Crippen LogP contribution in [0.3, 0.4) is 0 Å². The largest absolute Gasteiger partial charge is 0.343 e. The monoisotopic (exact) mass is 288 g/mol. The molecule has 1 fully saturated rings. The van der Waals surface area contributed by atoms with Crippen molar-refractivity contribution in [3.05, 3.63) is 12.2 Å². The van der Waals surface area contributed by atoms with Gasteiger partial charge in [0.1, 0.15) is 0 Å². The number of hydrogen-bond donors (Lipinski definition) is 1. The summed E-state index contributed by atoms with van der Waals surface area (Å²) in [6.07, 6.45) is 5.32. The maximum absolute atomic E-state index is 11.5. The van der Waals surface area contributed by atoms with Gasteiger partial charge >= 0.3 is 0 Å². The Balaban J connectivity index is 1.68. The van der Waals surface area contributed by atoms with Gasteiger partial charge in [-0.15, -0.1) is 0 Å². The zero-order valence-electron chi connectivity index (χ0n) is 11.1. The smallest absolute Gasteiger partial charge is 0.213 e. The van der Waals surface area contributed by atoms with Crippen molar-refractivity contribution < 1.29 is 12.9 Å². The second-order valence-corrected chi connectivity index (χ2v) is 6.91. The van der Waals surface area contributed by atoms with Crippen molar-refractivity contribution >= 4 is 10.0 Å². The molecule has 1 atom stereocenters. The van der Waals surface area contributed by atoms with E-state index in [-0.39, 0.29) is 0 Å². The van der Waals surface area contributed by atoms with E-state index in [0.717, 1.165) is 32.4 Å². The van der Waals surface area contributed by atoms with E-state index in [1.807, 2.05) is 0 Å². The first kappa shape index (κ1) is 14.4. The number of nitrogens with one attached hydrogen (secondary N) is 1. The topological polar surface area (TPSA) is 88.3 Å². The van der Waals surface area contributed by atoms with Crippen LogP contribution in [0.15, 0.2) is 10.9 Å². The van der Waals surface area contributed by atoms with Crippen molar-refractivity contribution in [3.63, 3.8) is 0 Å². The summed E-state index contributed by atoms with van der Waals surface area (Å²) in [5.41, 5.74) is 0. The average molecular weight is 288 g/mol. The third-order valence-corrected chi connectivity index (χ3v) is 4.59. The van der Waals surface area contributed by atoms with Crippen LogP contribution < -0.4 is 5.32 Å². The predicted molar refractivity (Wildman–Crippen MR) is 70.0 cm³/mol. The van der Waals surface area contributed by atoms with Gasteiger partial charge in [0.15, 0.2) is 5.82 Å². The number of rotatable bonds is 6. The number of sulfonamides is 1. The summed E-state index contributed by atoms with van der Waals surface area (Å²) in [6, 6.07) is 0. The van der Waals surface area contributed by atoms with Gasteiger partial charge in [-0.25, -0.2) is 12.7 Å². The minimum Gasteiger partial charge on any atom is -0.343 e. The molecule has 7 nitrogen and oxygen atoms in total. The molecule has 2 rings (SSSR count). The molecule has 0 aromatic carbocycles. The number of hydrogen-bond acceptors (Lipinski definition) is 6.